The number of ether oxygens (including phenoxy) is 1. The van der Waals surface area contributed by atoms with Gasteiger partial charge < -0.3 is 15.8 Å². The first-order valence-electron chi connectivity index (χ1n) is 6.34. The van der Waals surface area contributed by atoms with Crippen molar-refractivity contribution in [3.63, 3.8) is 0 Å². The number of carbonyl (C=O) groups is 2. The van der Waals surface area contributed by atoms with E-state index in [1.165, 1.54) is 0 Å². The van der Waals surface area contributed by atoms with Crippen LogP contribution in [0.25, 0.3) is 0 Å². The van der Waals surface area contributed by atoms with Crippen molar-refractivity contribution >= 4 is 17.6 Å². The molecule has 0 aliphatic heterocycles. The van der Waals surface area contributed by atoms with Crippen LogP contribution in [0.4, 0.5) is 5.69 Å². The molecule has 1 unspecified atom stereocenters. The summed E-state index contributed by atoms with van der Waals surface area (Å²) in [5.41, 5.74) is 7.29. The average Bonchev–Trinajstić information content (AvgIpc) is 2.36. The lowest BCUT2D eigenvalue weighted by molar-refractivity contribution is -0.154. The van der Waals surface area contributed by atoms with E-state index >= 15 is 0 Å². The number of anilines is 1. The minimum absolute atomic E-state index is 0.229. The van der Waals surface area contributed by atoms with Crippen LogP contribution in [0.3, 0.4) is 0 Å². The molecule has 0 fully saturated rings. The molecule has 0 heterocycles. The molecule has 5 nitrogen and oxygen atoms in total. The third kappa shape index (κ3) is 5.42. The van der Waals surface area contributed by atoms with Gasteiger partial charge in [-0.3, -0.25) is 9.59 Å². The molecule has 0 bridgehead atoms. The van der Waals surface area contributed by atoms with Gasteiger partial charge in [0.05, 0.1) is 0 Å². The second-order valence-corrected chi connectivity index (χ2v) is 4.27. The van der Waals surface area contributed by atoms with Crippen LogP contribution in [-0.2, 0) is 20.7 Å². The summed E-state index contributed by atoms with van der Waals surface area (Å²) in [5.74, 6) is -0.666. The molecule has 19 heavy (non-hydrogen) atoms. The van der Waals surface area contributed by atoms with Gasteiger partial charge in [0.2, 0.25) is 0 Å². The minimum atomic E-state index is -0.756. The minimum Gasteiger partial charge on any atom is -0.453 e. The van der Waals surface area contributed by atoms with E-state index in [1.54, 1.807) is 13.0 Å². The molecule has 0 aliphatic rings. The molecule has 0 saturated heterocycles. The zero-order valence-corrected chi connectivity index (χ0v) is 11.3. The molecule has 5 heteroatoms. The number of aryl methyl sites for hydroxylation is 1. The first kappa shape index (κ1) is 15.0. The van der Waals surface area contributed by atoms with Crippen molar-refractivity contribution in [2.24, 2.45) is 0 Å². The second-order valence-electron chi connectivity index (χ2n) is 4.27. The Kier molecular flexibility index (Phi) is 5.85. The van der Waals surface area contributed by atoms with Crippen molar-refractivity contribution in [2.75, 3.05) is 12.3 Å². The summed E-state index contributed by atoms with van der Waals surface area (Å²) in [4.78, 5) is 23.0. The van der Waals surface area contributed by atoms with E-state index in [9.17, 15) is 9.59 Å². The van der Waals surface area contributed by atoms with E-state index in [1.807, 2.05) is 25.1 Å². The monoisotopic (exact) mass is 264 g/mol. The van der Waals surface area contributed by atoms with Crippen LogP contribution in [0, 0.1) is 0 Å². The van der Waals surface area contributed by atoms with E-state index in [2.05, 4.69) is 5.32 Å². The Balaban J connectivity index is 2.37. The van der Waals surface area contributed by atoms with Gasteiger partial charge in [0.25, 0.3) is 5.91 Å². The maximum absolute atomic E-state index is 11.6. The van der Waals surface area contributed by atoms with Crippen LogP contribution < -0.4 is 11.1 Å². The number of carbonyl (C=O) groups excluding carboxylic acids is 2. The van der Waals surface area contributed by atoms with Gasteiger partial charge in [-0.25, -0.2) is 0 Å². The van der Waals surface area contributed by atoms with E-state index in [0.717, 1.165) is 5.56 Å². The molecule has 0 radical (unpaired) electrons. The van der Waals surface area contributed by atoms with Gasteiger partial charge in [-0.2, -0.15) is 0 Å². The van der Waals surface area contributed by atoms with E-state index < -0.39 is 6.10 Å². The smallest absolute Gasteiger partial charge is 0.306 e. The molecule has 3 N–H and O–H groups in total. The molecular formula is C14H20N2O3. The highest BCUT2D eigenvalue weighted by Crippen LogP contribution is 2.09. The standard InChI is InChI=1S/C14H20N2O3/c1-3-16-14(18)10(2)19-13(17)8-7-11-5-4-6-12(15)9-11/h4-6,9-10H,3,7-8,15H2,1-2H3,(H,16,18). The van der Waals surface area contributed by atoms with Crippen molar-refractivity contribution in [3.05, 3.63) is 29.8 Å². The number of benzene rings is 1. The Labute approximate surface area is 113 Å². The maximum Gasteiger partial charge on any atom is 0.306 e. The number of hydrogen-bond acceptors (Lipinski definition) is 4. The molecule has 0 aliphatic carbocycles. The molecule has 1 atom stereocenters. The Hall–Kier alpha value is -2.04. The molecular weight excluding hydrogens is 244 g/mol. The first-order chi connectivity index (χ1) is 9.02. The summed E-state index contributed by atoms with van der Waals surface area (Å²) in [6.45, 7) is 3.89. The maximum atomic E-state index is 11.6. The average molecular weight is 264 g/mol. The number of rotatable bonds is 6. The molecule has 0 spiro atoms. The normalized spacial score (nSPS) is 11.7. The second kappa shape index (κ2) is 7.41. The summed E-state index contributed by atoms with van der Waals surface area (Å²) in [6.07, 6.45) is 0.0208. The van der Waals surface area contributed by atoms with Gasteiger partial charge in [-0.15, -0.1) is 0 Å². The summed E-state index contributed by atoms with van der Waals surface area (Å²) in [7, 11) is 0. The number of nitrogens with two attached hydrogens (primary N) is 1. The van der Waals surface area contributed by atoms with E-state index in [4.69, 9.17) is 10.5 Å². The van der Waals surface area contributed by atoms with Gasteiger partial charge in [0.15, 0.2) is 6.10 Å². The SMILES string of the molecule is CCNC(=O)C(C)OC(=O)CCc1cccc(N)c1. The van der Waals surface area contributed by atoms with E-state index in [0.29, 0.717) is 18.7 Å². The van der Waals surface area contributed by atoms with Crippen molar-refractivity contribution in [2.45, 2.75) is 32.8 Å². The molecule has 1 rings (SSSR count). The Morgan fingerprint density at radius 1 is 1.42 bits per heavy atom. The quantitative estimate of drug-likeness (QED) is 0.599. The van der Waals surface area contributed by atoms with Crippen LogP contribution in [-0.4, -0.2) is 24.5 Å². The van der Waals surface area contributed by atoms with E-state index in [-0.39, 0.29) is 18.3 Å². The number of likely N-dealkylation sites (N-methyl/N-ethyl adjacent to an activating group) is 1. The lowest BCUT2D eigenvalue weighted by Crippen LogP contribution is -2.35. The molecule has 1 aromatic rings. The van der Waals surface area contributed by atoms with Crippen molar-refractivity contribution in [1.82, 2.24) is 5.32 Å². The summed E-state index contributed by atoms with van der Waals surface area (Å²) in [6, 6.07) is 7.35. The Morgan fingerprint density at radius 3 is 2.79 bits per heavy atom. The van der Waals surface area contributed by atoms with Crippen LogP contribution in [0.1, 0.15) is 25.8 Å². The largest absolute Gasteiger partial charge is 0.453 e. The fourth-order valence-electron chi connectivity index (χ4n) is 1.62. The zero-order valence-electron chi connectivity index (χ0n) is 11.3. The summed E-state index contributed by atoms with van der Waals surface area (Å²) < 4.78 is 5.03. The van der Waals surface area contributed by atoms with Crippen molar-refractivity contribution < 1.29 is 14.3 Å². The highest BCUT2D eigenvalue weighted by molar-refractivity contribution is 5.83. The number of nitrogen functional groups attached to an aromatic ring is 1. The van der Waals surface area contributed by atoms with Gasteiger partial charge in [-0.05, 0) is 38.0 Å². The molecule has 104 valence electrons. The third-order valence-corrected chi connectivity index (χ3v) is 2.60. The fourth-order valence-corrected chi connectivity index (χ4v) is 1.62. The van der Waals surface area contributed by atoms with Gasteiger partial charge in [0, 0.05) is 18.7 Å². The topological polar surface area (TPSA) is 81.4 Å². The predicted octanol–water partition coefficient (Wildman–Crippen LogP) is 1.27. The van der Waals surface area contributed by atoms with Crippen LogP contribution in [0.15, 0.2) is 24.3 Å². The van der Waals surface area contributed by atoms with Gasteiger partial charge >= 0.3 is 5.97 Å². The van der Waals surface area contributed by atoms with Crippen LogP contribution in [0.5, 0.6) is 0 Å². The summed E-state index contributed by atoms with van der Waals surface area (Å²) >= 11 is 0. The molecule has 1 amide bonds. The van der Waals surface area contributed by atoms with Gasteiger partial charge in [-0.1, -0.05) is 12.1 Å². The summed E-state index contributed by atoms with van der Waals surface area (Å²) in [5, 5.41) is 2.60. The number of amides is 1. The fraction of sp³-hybridized carbons (Fsp3) is 0.429. The Bertz CT molecular complexity index is 446. The van der Waals surface area contributed by atoms with Crippen molar-refractivity contribution in [1.29, 1.82) is 0 Å². The zero-order chi connectivity index (χ0) is 14.3. The predicted molar refractivity (Wildman–Crippen MR) is 73.4 cm³/mol. The highest BCUT2D eigenvalue weighted by Gasteiger charge is 2.16. The number of hydrogen-bond donors (Lipinski definition) is 2. The lowest BCUT2D eigenvalue weighted by atomic mass is 10.1. The molecule has 1 aromatic carbocycles. The van der Waals surface area contributed by atoms with Crippen LogP contribution >= 0.6 is 0 Å². The highest BCUT2D eigenvalue weighted by atomic mass is 16.5. The third-order valence-electron chi connectivity index (χ3n) is 2.60. The van der Waals surface area contributed by atoms with Crippen molar-refractivity contribution in [3.8, 4) is 0 Å². The molecule has 0 aromatic heterocycles. The Morgan fingerprint density at radius 2 is 2.16 bits per heavy atom. The first-order valence-corrected chi connectivity index (χ1v) is 6.34. The number of nitrogens with one attached hydrogen (secondary N) is 1. The van der Waals surface area contributed by atoms with Crippen LogP contribution in [0.2, 0.25) is 0 Å². The number of esters is 1. The lowest BCUT2D eigenvalue weighted by Gasteiger charge is -2.12. The van der Waals surface area contributed by atoms with Gasteiger partial charge in [0.1, 0.15) is 0 Å². The molecule has 0 saturated carbocycles.